The summed E-state index contributed by atoms with van der Waals surface area (Å²) in [6.07, 6.45) is 0.242. The van der Waals surface area contributed by atoms with Gasteiger partial charge in [0.1, 0.15) is 0 Å². The largest absolute Gasteiger partial charge is 0.493 e. The molecule has 2 rings (SSSR count). The molecule has 1 heterocycles. The number of nitrogens with one attached hydrogen (secondary N) is 1. The second-order valence-electron chi connectivity index (χ2n) is 5.01. The molecule has 5 nitrogen and oxygen atoms in total. The molecule has 23 heavy (non-hydrogen) atoms. The molecule has 1 atom stereocenters. The van der Waals surface area contributed by atoms with Crippen LogP contribution in [0.15, 0.2) is 29.6 Å². The van der Waals surface area contributed by atoms with Crippen molar-refractivity contribution in [1.29, 1.82) is 0 Å². The van der Waals surface area contributed by atoms with Crippen molar-refractivity contribution in [2.75, 3.05) is 21.3 Å². The van der Waals surface area contributed by atoms with Crippen LogP contribution in [0.5, 0.6) is 17.2 Å². The van der Waals surface area contributed by atoms with Crippen LogP contribution in [0, 0.1) is 0 Å². The number of carbonyl (C=O) groups excluding carboxylic acids is 1. The SMILES string of the molecule is COc1cc(CC(=O)NC(C)c2cccs2)cc(OC)c1OC. The first-order chi connectivity index (χ1) is 11.1. The van der Waals surface area contributed by atoms with Crippen LogP contribution in [0.4, 0.5) is 0 Å². The average molecular weight is 335 g/mol. The minimum atomic E-state index is -0.0554. The number of benzene rings is 1. The van der Waals surface area contributed by atoms with Crippen molar-refractivity contribution in [2.45, 2.75) is 19.4 Å². The molecule has 2 aromatic rings. The standard InChI is InChI=1S/C17H21NO4S/c1-11(15-6-5-7-23-15)18-16(19)10-12-8-13(20-2)17(22-4)14(9-12)21-3/h5-9,11H,10H2,1-4H3,(H,18,19). The molecule has 1 unspecified atom stereocenters. The first-order valence-corrected chi connectivity index (χ1v) is 8.08. The van der Waals surface area contributed by atoms with E-state index in [1.165, 1.54) is 0 Å². The summed E-state index contributed by atoms with van der Waals surface area (Å²) in [5, 5.41) is 4.99. The summed E-state index contributed by atoms with van der Waals surface area (Å²) < 4.78 is 15.9. The zero-order valence-electron chi connectivity index (χ0n) is 13.7. The molecule has 0 spiro atoms. The molecule has 1 N–H and O–H groups in total. The van der Waals surface area contributed by atoms with Crippen molar-refractivity contribution in [2.24, 2.45) is 0 Å². The van der Waals surface area contributed by atoms with Gasteiger partial charge >= 0.3 is 0 Å². The van der Waals surface area contributed by atoms with Gasteiger partial charge in [-0.3, -0.25) is 4.79 Å². The van der Waals surface area contributed by atoms with Gasteiger partial charge in [0, 0.05) is 4.88 Å². The van der Waals surface area contributed by atoms with Crippen molar-refractivity contribution < 1.29 is 19.0 Å². The number of rotatable bonds is 7. The van der Waals surface area contributed by atoms with Crippen LogP contribution in [0.1, 0.15) is 23.4 Å². The molecule has 0 bridgehead atoms. The lowest BCUT2D eigenvalue weighted by atomic mass is 10.1. The molecule has 0 radical (unpaired) electrons. The summed E-state index contributed by atoms with van der Waals surface area (Å²) in [5.41, 5.74) is 0.801. The third kappa shape index (κ3) is 4.16. The highest BCUT2D eigenvalue weighted by molar-refractivity contribution is 7.10. The molecular weight excluding hydrogens is 314 g/mol. The average Bonchev–Trinajstić information content (AvgIpc) is 3.08. The van der Waals surface area contributed by atoms with Crippen LogP contribution in [0.2, 0.25) is 0 Å². The first kappa shape index (κ1) is 17.1. The van der Waals surface area contributed by atoms with E-state index in [0.29, 0.717) is 17.2 Å². The number of hydrogen-bond donors (Lipinski definition) is 1. The molecule has 0 saturated heterocycles. The molecular formula is C17H21NO4S. The Morgan fingerprint density at radius 3 is 2.30 bits per heavy atom. The number of ether oxygens (including phenoxy) is 3. The summed E-state index contributed by atoms with van der Waals surface area (Å²) in [5.74, 6) is 1.55. The van der Waals surface area contributed by atoms with Crippen LogP contribution in [-0.4, -0.2) is 27.2 Å². The second-order valence-corrected chi connectivity index (χ2v) is 5.99. The highest BCUT2D eigenvalue weighted by atomic mass is 32.1. The molecule has 1 amide bonds. The highest BCUT2D eigenvalue weighted by Crippen LogP contribution is 2.38. The van der Waals surface area contributed by atoms with E-state index in [1.54, 1.807) is 44.8 Å². The Kier molecular flexibility index (Phi) is 5.87. The monoisotopic (exact) mass is 335 g/mol. The lowest BCUT2D eigenvalue weighted by molar-refractivity contribution is -0.121. The van der Waals surface area contributed by atoms with Crippen molar-refractivity contribution in [3.63, 3.8) is 0 Å². The van der Waals surface area contributed by atoms with Gasteiger partial charge in [0.25, 0.3) is 0 Å². The van der Waals surface area contributed by atoms with Crippen molar-refractivity contribution >= 4 is 17.2 Å². The molecule has 0 fully saturated rings. The van der Waals surface area contributed by atoms with Crippen LogP contribution >= 0.6 is 11.3 Å². The van der Waals surface area contributed by atoms with Gasteiger partial charge in [-0.05, 0) is 36.1 Å². The van der Waals surface area contributed by atoms with Gasteiger partial charge in [0.05, 0.1) is 33.8 Å². The van der Waals surface area contributed by atoms with Gasteiger partial charge in [0.15, 0.2) is 11.5 Å². The Hall–Kier alpha value is -2.21. The summed E-state index contributed by atoms with van der Waals surface area (Å²) in [6.45, 7) is 1.97. The van der Waals surface area contributed by atoms with E-state index in [-0.39, 0.29) is 18.4 Å². The summed E-state index contributed by atoms with van der Waals surface area (Å²) in [6, 6.07) is 7.55. The molecule has 124 valence electrons. The number of thiophene rings is 1. The van der Waals surface area contributed by atoms with E-state index >= 15 is 0 Å². The van der Waals surface area contributed by atoms with Gasteiger partial charge in [-0.25, -0.2) is 0 Å². The number of amides is 1. The summed E-state index contributed by atoms with van der Waals surface area (Å²) in [4.78, 5) is 13.4. The fourth-order valence-corrected chi connectivity index (χ4v) is 3.06. The van der Waals surface area contributed by atoms with Crippen molar-refractivity contribution in [1.82, 2.24) is 5.32 Å². The zero-order chi connectivity index (χ0) is 16.8. The molecule has 0 aliphatic heterocycles. The van der Waals surface area contributed by atoms with Gasteiger partial charge in [-0.15, -0.1) is 11.3 Å². The van der Waals surface area contributed by atoms with E-state index in [4.69, 9.17) is 14.2 Å². The predicted molar refractivity (Wildman–Crippen MR) is 90.7 cm³/mol. The zero-order valence-corrected chi connectivity index (χ0v) is 14.5. The summed E-state index contributed by atoms with van der Waals surface area (Å²) >= 11 is 1.63. The third-order valence-corrected chi connectivity index (χ3v) is 4.49. The fraction of sp³-hybridized carbons (Fsp3) is 0.353. The van der Waals surface area contributed by atoms with Gasteiger partial charge in [-0.1, -0.05) is 6.07 Å². The minimum absolute atomic E-state index is 0.00969. The molecule has 0 saturated carbocycles. The van der Waals surface area contributed by atoms with Crippen LogP contribution in [0.25, 0.3) is 0 Å². The van der Waals surface area contributed by atoms with E-state index in [1.807, 2.05) is 24.4 Å². The van der Waals surface area contributed by atoms with Gasteiger partial charge in [-0.2, -0.15) is 0 Å². The number of carbonyl (C=O) groups is 1. The predicted octanol–water partition coefficient (Wildman–Crippen LogP) is 3.19. The van der Waals surface area contributed by atoms with Crippen LogP contribution in [0.3, 0.4) is 0 Å². The maximum atomic E-state index is 12.3. The van der Waals surface area contributed by atoms with Crippen LogP contribution < -0.4 is 19.5 Å². The van der Waals surface area contributed by atoms with Crippen molar-refractivity contribution in [3.8, 4) is 17.2 Å². The lowest BCUT2D eigenvalue weighted by Gasteiger charge is -2.15. The second kappa shape index (κ2) is 7.87. The first-order valence-electron chi connectivity index (χ1n) is 7.20. The van der Waals surface area contributed by atoms with Crippen molar-refractivity contribution in [3.05, 3.63) is 40.1 Å². The van der Waals surface area contributed by atoms with Gasteiger partial charge < -0.3 is 19.5 Å². The Bertz CT molecular complexity index is 630. The Morgan fingerprint density at radius 2 is 1.83 bits per heavy atom. The third-order valence-electron chi connectivity index (χ3n) is 3.44. The molecule has 0 aliphatic carbocycles. The smallest absolute Gasteiger partial charge is 0.224 e. The van der Waals surface area contributed by atoms with Crippen LogP contribution in [-0.2, 0) is 11.2 Å². The maximum absolute atomic E-state index is 12.3. The molecule has 6 heteroatoms. The van der Waals surface area contributed by atoms with E-state index in [0.717, 1.165) is 10.4 Å². The number of hydrogen-bond acceptors (Lipinski definition) is 5. The van der Waals surface area contributed by atoms with E-state index in [9.17, 15) is 4.79 Å². The molecule has 1 aromatic heterocycles. The lowest BCUT2D eigenvalue weighted by Crippen LogP contribution is -2.27. The molecule has 0 aliphatic rings. The van der Waals surface area contributed by atoms with E-state index < -0.39 is 0 Å². The number of methoxy groups -OCH3 is 3. The Morgan fingerprint density at radius 1 is 1.17 bits per heavy atom. The Labute approximate surface area is 140 Å². The normalized spacial score (nSPS) is 11.7. The summed E-state index contributed by atoms with van der Waals surface area (Å²) in [7, 11) is 4.66. The quantitative estimate of drug-likeness (QED) is 0.844. The fourth-order valence-electron chi connectivity index (χ4n) is 2.32. The highest BCUT2D eigenvalue weighted by Gasteiger charge is 2.16. The topological polar surface area (TPSA) is 56.8 Å². The minimum Gasteiger partial charge on any atom is -0.493 e. The maximum Gasteiger partial charge on any atom is 0.224 e. The van der Waals surface area contributed by atoms with E-state index in [2.05, 4.69) is 5.32 Å². The van der Waals surface area contributed by atoms with Gasteiger partial charge in [0.2, 0.25) is 11.7 Å². The molecule has 1 aromatic carbocycles. The Balaban J connectivity index is 2.11.